The van der Waals surface area contributed by atoms with E-state index in [0.717, 1.165) is 12.1 Å². The van der Waals surface area contributed by atoms with Crippen LogP contribution in [0.25, 0.3) is 5.65 Å². The van der Waals surface area contributed by atoms with E-state index in [1.54, 1.807) is 10.6 Å². The van der Waals surface area contributed by atoms with Crippen LogP contribution in [-0.2, 0) is 0 Å². The van der Waals surface area contributed by atoms with Crippen molar-refractivity contribution in [3.63, 3.8) is 0 Å². The molecule has 0 saturated heterocycles. The molecule has 0 saturated carbocycles. The first kappa shape index (κ1) is 12.6. The molecular weight excluding hydrogens is 226 g/mol. The molecule has 0 aliphatic carbocycles. The quantitative estimate of drug-likeness (QED) is 0.884. The van der Waals surface area contributed by atoms with Crippen molar-refractivity contribution in [2.45, 2.75) is 27.7 Å². The molecule has 2 aromatic rings. The fraction of sp³-hybridized carbons (Fsp3) is 0.429. The van der Waals surface area contributed by atoms with E-state index in [1.165, 1.54) is 6.07 Å². The Hall–Kier alpha value is -1.84. The van der Waals surface area contributed by atoms with E-state index in [2.05, 4.69) is 31.1 Å². The van der Waals surface area contributed by atoms with E-state index >= 15 is 0 Å². The predicted molar refractivity (Wildman–Crippen MR) is 74.1 cm³/mol. The number of nitrogens with one attached hydrogen (secondary N) is 1. The number of nitrogens with zero attached hydrogens (tertiary/aromatic N) is 2. The van der Waals surface area contributed by atoms with Gasteiger partial charge in [0.25, 0.3) is 5.56 Å². The highest BCUT2D eigenvalue weighted by Crippen LogP contribution is 2.14. The maximum atomic E-state index is 12.0. The lowest BCUT2D eigenvalue weighted by atomic mass is 9.97. The molecule has 0 aromatic carbocycles. The Balaban J connectivity index is 2.43. The molecular formula is C14H19N3O. The number of fused-ring (bicyclic) bond motifs is 1. The van der Waals surface area contributed by atoms with E-state index in [4.69, 9.17) is 0 Å². The molecule has 0 radical (unpaired) electrons. The standard InChI is InChI=1S/C14H19N3O/c1-10-6-5-7-17-12(18)8-11(16-13(10)17)15-9-14(2,3)4/h5-8,15H,9H2,1-4H3. The van der Waals surface area contributed by atoms with E-state index < -0.39 is 0 Å². The normalized spacial score (nSPS) is 11.8. The van der Waals surface area contributed by atoms with E-state index in [9.17, 15) is 4.79 Å². The zero-order valence-electron chi connectivity index (χ0n) is 11.3. The molecule has 0 aliphatic rings. The van der Waals surface area contributed by atoms with Crippen molar-refractivity contribution in [2.24, 2.45) is 5.41 Å². The Morgan fingerprint density at radius 3 is 2.78 bits per heavy atom. The Kier molecular flexibility index (Phi) is 3.11. The summed E-state index contributed by atoms with van der Waals surface area (Å²) in [6.07, 6.45) is 1.74. The van der Waals surface area contributed by atoms with Crippen molar-refractivity contribution in [1.29, 1.82) is 0 Å². The lowest BCUT2D eigenvalue weighted by Crippen LogP contribution is -2.22. The molecule has 96 valence electrons. The Bertz CT molecular complexity index is 623. The molecule has 2 aromatic heterocycles. The number of hydrogen-bond donors (Lipinski definition) is 1. The molecule has 0 spiro atoms. The molecule has 0 atom stereocenters. The minimum Gasteiger partial charge on any atom is -0.369 e. The Labute approximate surface area is 107 Å². The number of rotatable bonds is 2. The molecule has 0 fully saturated rings. The van der Waals surface area contributed by atoms with Crippen LogP contribution in [0.1, 0.15) is 26.3 Å². The summed E-state index contributed by atoms with van der Waals surface area (Å²) in [6.45, 7) is 9.15. The second-order valence-electron chi connectivity index (χ2n) is 5.78. The summed E-state index contributed by atoms with van der Waals surface area (Å²) in [5, 5.41) is 3.22. The van der Waals surface area contributed by atoms with Crippen LogP contribution in [0.5, 0.6) is 0 Å². The van der Waals surface area contributed by atoms with Crippen molar-refractivity contribution in [1.82, 2.24) is 9.38 Å². The van der Waals surface area contributed by atoms with Gasteiger partial charge in [-0.15, -0.1) is 0 Å². The molecule has 0 aliphatic heterocycles. The Morgan fingerprint density at radius 2 is 2.11 bits per heavy atom. The first-order valence-electron chi connectivity index (χ1n) is 6.10. The molecule has 4 nitrogen and oxygen atoms in total. The summed E-state index contributed by atoms with van der Waals surface area (Å²) >= 11 is 0. The molecule has 1 N–H and O–H groups in total. The number of hydrogen-bond acceptors (Lipinski definition) is 3. The molecule has 2 heterocycles. The lowest BCUT2D eigenvalue weighted by molar-refractivity contribution is 0.442. The smallest absolute Gasteiger partial charge is 0.259 e. The molecule has 18 heavy (non-hydrogen) atoms. The monoisotopic (exact) mass is 245 g/mol. The topological polar surface area (TPSA) is 46.4 Å². The van der Waals surface area contributed by atoms with Gasteiger partial charge in [-0.3, -0.25) is 9.20 Å². The van der Waals surface area contributed by atoms with Crippen LogP contribution in [-0.4, -0.2) is 15.9 Å². The van der Waals surface area contributed by atoms with Crippen molar-refractivity contribution in [3.05, 3.63) is 40.3 Å². The third-order valence-corrected chi connectivity index (χ3v) is 2.69. The second-order valence-corrected chi connectivity index (χ2v) is 5.78. The van der Waals surface area contributed by atoms with E-state index in [0.29, 0.717) is 11.5 Å². The van der Waals surface area contributed by atoms with Crippen LogP contribution >= 0.6 is 0 Å². The summed E-state index contributed by atoms with van der Waals surface area (Å²) in [5.41, 5.74) is 1.80. The third kappa shape index (κ3) is 2.70. The van der Waals surface area contributed by atoms with Gasteiger partial charge in [0, 0.05) is 18.8 Å². The number of aryl methyl sites for hydroxylation is 1. The minimum absolute atomic E-state index is 0.0555. The first-order valence-corrected chi connectivity index (χ1v) is 6.10. The summed E-state index contributed by atoms with van der Waals surface area (Å²) in [7, 11) is 0. The van der Waals surface area contributed by atoms with Gasteiger partial charge in [0.15, 0.2) is 0 Å². The lowest BCUT2D eigenvalue weighted by Gasteiger charge is -2.19. The third-order valence-electron chi connectivity index (χ3n) is 2.69. The van der Waals surface area contributed by atoms with Gasteiger partial charge in [0.05, 0.1) is 0 Å². The van der Waals surface area contributed by atoms with Crippen LogP contribution < -0.4 is 10.9 Å². The zero-order chi connectivity index (χ0) is 13.3. The van der Waals surface area contributed by atoms with Crippen molar-refractivity contribution in [2.75, 3.05) is 11.9 Å². The van der Waals surface area contributed by atoms with Crippen LogP contribution in [0.2, 0.25) is 0 Å². The highest BCUT2D eigenvalue weighted by molar-refractivity contribution is 5.51. The summed E-state index contributed by atoms with van der Waals surface area (Å²) in [6, 6.07) is 5.35. The minimum atomic E-state index is -0.0555. The SMILES string of the molecule is Cc1cccn2c(=O)cc(NCC(C)(C)C)nc12. The summed E-state index contributed by atoms with van der Waals surface area (Å²) in [5.74, 6) is 0.643. The van der Waals surface area contributed by atoms with E-state index in [1.807, 2.05) is 19.1 Å². The van der Waals surface area contributed by atoms with Crippen molar-refractivity contribution < 1.29 is 0 Å². The second kappa shape index (κ2) is 4.44. The molecule has 0 amide bonds. The molecule has 2 rings (SSSR count). The fourth-order valence-corrected chi connectivity index (χ4v) is 1.71. The van der Waals surface area contributed by atoms with Crippen LogP contribution in [0.4, 0.5) is 5.82 Å². The highest BCUT2D eigenvalue weighted by atomic mass is 16.1. The van der Waals surface area contributed by atoms with Gasteiger partial charge in [0.2, 0.25) is 0 Å². The van der Waals surface area contributed by atoms with Crippen molar-refractivity contribution in [3.8, 4) is 0 Å². The van der Waals surface area contributed by atoms with Gasteiger partial charge >= 0.3 is 0 Å². The first-order chi connectivity index (χ1) is 8.37. The number of anilines is 1. The maximum absolute atomic E-state index is 12.0. The zero-order valence-corrected chi connectivity index (χ0v) is 11.3. The van der Waals surface area contributed by atoms with Gasteiger partial charge < -0.3 is 5.32 Å². The predicted octanol–water partition coefficient (Wildman–Crippen LogP) is 2.46. The van der Waals surface area contributed by atoms with Crippen molar-refractivity contribution >= 4 is 11.5 Å². The largest absolute Gasteiger partial charge is 0.369 e. The summed E-state index contributed by atoms with van der Waals surface area (Å²) < 4.78 is 1.57. The van der Waals surface area contributed by atoms with Crippen LogP contribution in [0.3, 0.4) is 0 Å². The average molecular weight is 245 g/mol. The average Bonchev–Trinajstić information content (AvgIpc) is 2.27. The maximum Gasteiger partial charge on any atom is 0.259 e. The molecule has 0 bridgehead atoms. The molecule has 4 heteroatoms. The number of pyridine rings is 1. The van der Waals surface area contributed by atoms with Crippen LogP contribution in [0, 0.1) is 12.3 Å². The van der Waals surface area contributed by atoms with E-state index in [-0.39, 0.29) is 11.0 Å². The molecule has 0 unspecified atom stereocenters. The highest BCUT2D eigenvalue weighted by Gasteiger charge is 2.11. The summed E-state index contributed by atoms with van der Waals surface area (Å²) in [4.78, 5) is 16.4. The number of aromatic nitrogens is 2. The van der Waals surface area contributed by atoms with Gasteiger partial charge in [-0.2, -0.15) is 0 Å². The van der Waals surface area contributed by atoms with Gasteiger partial charge in [-0.1, -0.05) is 26.8 Å². The fourth-order valence-electron chi connectivity index (χ4n) is 1.71. The van der Waals surface area contributed by atoms with Crippen LogP contribution in [0.15, 0.2) is 29.2 Å². The van der Waals surface area contributed by atoms with Gasteiger partial charge in [-0.05, 0) is 24.0 Å². The van der Waals surface area contributed by atoms with Gasteiger partial charge in [0.1, 0.15) is 11.5 Å². The Morgan fingerprint density at radius 1 is 1.39 bits per heavy atom. The van der Waals surface area contributed by atoms with Gasteiger partial charge in [-0.25, -0.2) is 4.98 Å².